The summed E-state index contributed by atoms with van der Waals surface area (Å²) in [5.74, 6) is 0.597. The van der Waals surface area contributed by atoms with Crippen LogP contribution in [-0.4, -0.2) is 35.0 Å². The molecule has 1 saturated heterocycles. The number of carbonyl (C=O) groups is 1. The van der Waals surface area contributed by atoms with E-state index in [1.165, 1.54) is 5.56 Å². The first-order valence-electron chi connectivity index (χ1n) is 8.30. The van der Waals surface area contributed by atoms with Crippen LogP contribution in [-0.2, 0) is 6.54 Å². The van der Waals surface area contributed by atoms with Gasteiger partial charge in [-0.3, -0.25) is 4.79 Å². The van der Waals surface area contributed by atoms with E-state index >= 15 is 0 Å². The molecule has 0 saturated carbocycles. The quantitative estimate of drug-likeness (QED) is 0.943. The number of carbonyl (C=O) groups excluding carboxylic acids is 1. The highest BCUT2D eigenvalue weighted by Gasteiger charge is 2.28. The molecule has 4 heteroatoms. The van der Waals surface area contributed by atoms with Gasteiger partial charge in [-0.2, -0.15) is 0 Å². The second kappa shape index (κ2) is 6.59. The molecule has 0 spiro atoms. The first kappa shape index (κ1) is 15.8. The molecule has 1 aliphatic rings. The van der Waals surface area contributed by atoms with E-state index < -0.39 is 0 Å². The number of benzene rings is 1. The number of hydrogen-bond donors (Lipinski definition) is 1. The molecule has 2 N–H and O–H groups in total. The van der Waals surface area contributed by atoms with Crippen LogP contribution in [0.25, 0.3) is 0 Å². The zero-order chi connectivity index (χ0) is 16.4. The highest BCUT2D eigenvalue weighted by Crippen LogP contribution is 2.22. The maximum absolute atomic E-state index is 12.8. The first-order valence-corrected chi connectivity index (χ1v) is 8.30. The Morgan fingerprint density at radius 3 is 2.65 bits per heavy atom. The van der Waals surface area contributed by atoms with Crippen molar-refractivity contribution in [3.05, 3.63) is 58.9 Å². The Morgan fingerprint density at radius 2 is 2.00 bits per heavy atom. The molecule has 4 nitrogen and oxygen atoms in total. The average Bonchev–Trinajstić information content (AvgIpc) is 3.15. The summed E-state index contributed by atoms with van der Waals surface area (Å²) in [6.45, 7) is 7.19. The van der Waals surface area contributed by atoms with E-state index in [0.29, 0.717) is 12.5 Å². The van der Waals surface area contributed by atoms with Gasteiger partial charge in [-0.05, 0) is 44.4 Å². The SMILES string of the molecule is Cc1cc(C(=O)N2CCC(CN)C2)c(C)n1Cc1ccccc1. The maximum atomic E-state index is 12.8. The summed E-state index contributed by atoms with van der Waals surface area (Å²) in [5, 5.41) is 0. The molecule has 2 heterocycles. The zero-order valence-electron chi connectivity index (χ0n) is 14.0. The molecule has 0 bridgehead atoms. The minimum absolute atomic E-state index is 0.147. The topological polar surface area (TPSA) is 51.3 Å². The van der Waals surface area contributed by atoms with Gasteiger partial charge in [0, 0.05) is 31.0 Å². The molecule has 2 aromatic rings. The third-order valence-corrected chi connectivity index (χ3v) is 4.89. The molecule has 23 heavy (non-hydrogen) atoms. The second-order valence-electron chi connectivity index (χ2n) is 6.50. The highest BCUT2D eigenvalue weighted by atomic mass is 16.2. The predicted octanol–water partition coefficient (Wildman–Crippen LogP) is 2.57. The maximum Gasteiger partial charge on any atom is 0.255 e. The Balaban J connectivity index is 1.82. The van der Waals surface area contributed by atoms with Crippen LogP contribution in [0.5, 0.6) is 0 Å². The third-order valence-electron chi connectivity index (χ3n) is 4.89. The van der Waals surface area contributed by atoms with Crippen molar-refractivity contribution in [1.82, 2.24) is 9.47 Å². The van der Waals surface area contributed by atoms with Gasteiger partial charge in [0.2, 0.25) is 0 Å². The van der Waals surface area contributed by atoms with Gasteiger partial charge < -0.3 is 15.2 Å². The number of rotatable bonds is 4. The van der Waals surface area contributed by atoms with Gasteiger partial charge in [0.25, 0.3) is 5.91 Å². The monoisotopic (exact) mass is 311 g/mol. The van der Waals surface area contributed by atoms with Crippen LogP contribution in [0, 0.1) is 19.8 Å². The summed E-state index contributed by atoms with van der Waals surface area (Å²) < 4.78 is 2.22. The Kier molecular flexibility index (Phi) is 4.53. The molecule has 3 rings (SSSR count). The number of amides is 1. The van der Waals surface area contributed by atoms with Gasteiger partial charge in [0.05, 0.1) is 5.56 Å². The van der Waals surface area contributed by atoms with E-state index in [-0.39, 0.29) is 5.91 Å². The number of hydrogen-bond acceptors (Lipinski definition) is 2. The molecule has 1 atom stereocenters. The number of nitrogens with zero attached hydrogens (tertiary/aromatic N) is 2. The van der Waals surface area contributed by atoms with Crippen LogP contribution in [0.4, 0.5) is 0 Å². The standard InChI is InChI=1S/C19H25N3O/c1-14-10-18(19(23)21-9-8-17(11-20)12-21)15(2)22(14)13-16-6-4-3-5-7-16/h3-7,10,17H,8-9,11-13,20H2,1-2H3. The predicted molar refractivity (Wildman–Crippen MR) is 92.5 cm³/mol. The second-order valence-corrected chi connectivity index (χ2v) is 6.50. The van der Waals surface area contributed by atoms with Crippen molar-refractivity contribution in [2.24, 2.45) is 11.7 Å². The average molecular weight is 311 g/mol. The van der Waals surface area contributed by atoms with Gasteiger partial charge in [-0.25, -0.2) is 0 Å². The van der Waals surface area contributed by atoms with Crippen molar-refractivity contribution in [3.63, 3.8) is 0 Å². The lowest BCUT2D eigenvalue weighted by Gasteiger charge is -2.16. The molecule has 1 aromatic heterocycles. The Labute approximate surface area is 137 Å². The molecular weight excluding hydrogens is 286 g/mol. The fraction of sp³-hybridized carbons (Fsp3) is 0.421. The van der Waals surface area contributed by atoms with Gasteiger partial charge in [0.15, 0.2) is 0 Å². The largest absolute Gasteiger partial charge is 0.344 e. The van der Waals surface area contributed by atoms with Gasteiger partial charge in [-0.1, -0.05) is 30.3 Å². The van der Waals surface area contributed by atoms with Crippen molar-refractivity contribution >= 4 is 5.91 Å². The molecule has 1 fully saturated rings. The summed E-state index contributed by atoms with van der Waals surface area (Å²) in [4.78, 5) is 14.8. The van der Waals surface area contributed by atoms with E-state index in [1.807, 2.05) is 36.1 Å². The van der Waals surface area contributed by atoms with Crippen LogP contribution in [0.15, 0.2) is 36.4 Å². The van der Waals surface area contributed by atoms with Crippen LogP contribution in [0.1, 0.15) is 33.7 Å². The molecule has 122 valence electrons. The Morgan fingerprint density at radius 1 is 1.26 bits per heavy atom. The van der Waals surface area contributed by atoms with Gasteiger partial charge in [0.1, 0.15) is 0 Å². The Bertz CT molecular complexity index is 690. The number of likely N-dealkylation sites (tertiary alicyclic amines) is 1. The summed E-state index contributed by atoms with van der Waals surface area (Å²) in [7, 11) is 0. The third kappa shape index (κ3) is 3.17. The first-order chi connectivity index (χ1) is 11.1. The lowest BCUT2D eigenvalue weighted by atomic mass is 10.1. The van der Waals surface area contributed by atoms with Crippen LogP contribution in [0.2, 0.25) is 0 Å². The van der Waals surface area contributed by atoms with E-state index in [1.54, 1.807) is 0 Å². The normalized spacial score (nSPS) is 17.7. The summed E-state index contributed by atoms with van der Waals surface area (Å²) in [6.07, 6.45) is 1.02. The molecule has 0 radical (unpaired) electrons. The lowest BCUT2D eigenvalue weighted by Crippen LogP contribution is -2.30. The summed E-state index contributed by atoms with van der Waals surface area (Å²) >= 11 is 0. The van der Waals surface area contributed by atoms with Crippen molar-refractivity contribution in [1.29, 1.82) is 0 Å². The number of nitrogens with two attached hydrogens (primary N) is 1. The van der Waals surface area contributed by atoms with Crippen molar-refractivity contribution < 1.29 is 4.79 Å². The van der Waals surface area contributed by atoms with Crippen molar-refractivity contribution in [3.8, 4) is 0 Å². The minimum Gasteiger partial charge on any atom is -0.344 e. The smallest absolute Gasteiger partial charge is 0.255 e. The molecule has 0 aliphatic carbocycles. The highest BCUT2D eigenvalue weighted by molar-refractivity contribution is 5.96. The van der Waals surface area contributed by atoms with E-state index in [0.717, 1.165) is 43.0 Å². The van der Waals surface area contributed by atoms with E-state index in [9.17, 15) is 4.79 Å². The number of aromatic nitrogens is 1. The lowest BCUT2D eigenvalue weighted by molar-refractivity contribution is 0.0787. The van der Waals surface area contributed by atoms with E-state index in [4.69, 9.17) is 5.73 Å². The van der Waals surface area contributed by atoms with Gasteiger partial charge >= 0.3 is 0 Å². The Hall–Kier alpha value is -2.07. The van der Waals surface area contributed by atoms with Gasteiger partial charge in [-0.15, -0.1) is 0 Å². The minimum atomic E-state index is 0.147. The molecule has 1 amide bonds. The molecule has 1 aromatic carbocycles. The molecule has 1 unspecified atom stereocenters. The molecule has 1 aliphatic heterocycles. The zero-order valence-corrected chi connectivity index (χ0v) is 14.0. The summed E-state index contributed by atoms with van der Waals surface area (Å²) in [6, 6.07) is 12.4. The fourth-order valence-electron chi connectivity index (χ4n) is 3.41. The van der Waals surface area contributed by atoms with Crippen molar-refractivity contribution in [2.45, 2.75) is 26.8 Å². The number of aryl methyl sites for hydroxylation is 1. The fourth-order valence-corrected chi connectivity index (χ4v) is 3.41. The van der Waals surface area contributed by atoms with Crippen LogP contribution < -0.4 is 5.73 Å². The molecular formula is C19H25N3O. The van der Waals surface area contributed by atoms with Crippen LogP contribution in [0.3, 0.4) is 0 Å². The summed E-state index contributed by atoms with van der Waals surface area (Å²) in [5.41, 5.74) is 9.99. The van der Waals surface area contributed by atoms with Crippen molar-refractivity contribution in [2.75, 3.05) is 19.6 Å². The van der Waals surface area contributed by atoms with E-state index in [2.05, 4.69) is 23.6 Å². The van der Waals surface area contributed by atoms with Crippen LogP contribution >= 0.6 is 0 Å².